The number of alkyl carbamates (subject to hydrolysis) is 1. The highest BCUT2D eigenvalue weighted by atomic mass is 32.2. The second-order valence-electron chi connectivity index (χ2n) is 5.67. The highest BCUT2D eigenvalue weighted by molar-refractivity contribution is 7.86. The summed E-state index contributed by atoms with van der Waals surface area (Å²) in [4.78, 5) is 11.9. The molecule has 1 aliphatic carbocycles. The van der Waals surface area contributed by atoms with Crippen molar-refractivity contribution in [3.05, 3.63) is 35.9 Å². The van der Waals surface area contributed by atoms with E-state index in [0.717, 1.165) is 18.4 Å². The number of rotatable bonds is 5. The summed E-state index contributed by atoms with van der Waals surface area (Å²) in [5.74, 6) is -0.747. The highest BCUT2D eigenvalue weighted by Crippen LogP contribution is 2.29. The number of carbonyl (C=O) groups is 1. The van der Waals surface area contributed by atoms with E-state index in [-0.39, 0.29) is 6.61 Å². The molecular formula is C15H21NO6S. The molecule has 0 radical (unpaired) electrons. The van der Waals surface area contributed by atoms with Crippen LogP contribution in [0.2, 0.25) is 0 Å². The summed E-state index contributed by atoms with van der Waals surface area (Å²) in [6, 6.07) is 8.60. The van der Waals surface area contributed by atoms with Crippen LogP contribution in [0, 0.1) is 5.92 Å². The predicted octanol–water partition coefficient (Wildman–Crippen LogP) is 1.68. The quantitative estimate of drug-likeness (QED) is 0.701. The summed E-state index contributed by atoms with van der Waals surface area (Å²) in [5.41, 5.74) is -1.07. The molecule has 0 aromatic heterocycles. The van der Waals surface area contributed by atoms with Gasteiger partial charge in [-0.2, -0.15) is 8.42 Å². The maximum atomic E-state index is 11.9. The van der Waals surface area contributed by atoms with Crippen LogP contribution >= 0.6 is 0 Å². The number of hydrogen-bond donors (Lipinski definition) is 3. The van der Waals surface area contributed by atoms with Gasteiger partial charge in [0.2, 0.25) is 0 Å². The van der Waals surface area contributed by atoms with Crippen LogP contribution in [-0.2, 0) is 21.5 Å². The molecule has 1 aromatic rings. The van der Waals surface area contributed by atoms with E-state index in [9.17, 15) is 18.3 Å². The highest BCUT2D eigenvalue weighted by Gasteiger charge is 2.38. The van der Waals surface area contributed by atoms with Gasteiger partial charge in [-0.1, -0.05) is 43.2 Å². The van der Waals surface area contributed by atoms with Crippen molar-refractivity contribution in [3.8, 4) is 0 Å². The fourth-order valence-electron chi connectivity index (χ4n) is 2.82. The van der Waals surface area contributed by atoms with Crippen molar-refractivity contribution < 1.29 is 27.6 Å². The standard InChI is InChI=1S/C15H21NO6S/c17-14(23(19,20)21)12-8-4-5-9-13(12)16-15(18)22-10-11-6-2-1-3-7-11/h1-3,6-7,12-14,17H,4-5,8-10H2,(H,16,18)(H,19,20,21)/t12?,13-,14?/m1/s1. The van der Waals surface area contributed by atoms with Crippen LogP contribution in [0.15, 0.2) is 30.3 Å². The molecule has 0 saturated heterocycles. The van der Waals surface area contributed by atoms with Crippen molar-refractivity contribution >= 4 is 16.2 Å². The van der Waals surface area contributed by atoms with E-state index in [4.69, 9.17) is 9.29 Å². The number of aliphatic hydroxyl groups excluding tert-OH is 1. The Balaban J connectivity index is 1.92. The Bertz CT molecular complexity index is 618. The van der Waals surface area contributed by atoms with Gasteiger partial charge in [0.05, 0.1) is 0 Å². The van der Waals surface area contributed by atoms with Gasteiger partial charge in [0.1, 0.15) is 6.61 Å². The Morgan fingerprint density at radius 3 is 2.57 bits per heavy atom. The summed E-state index contributed by atoms with van der Waals surface area (Å²) < 4.78 is 36.4. The Kier molecular flexibility index (Phi) is 5.97. The van der Waals surface area contributed by atoms with Crippen molar-refractivity contribution in [2.45, 2.75) is 43.8 Å². The van der Waals surface area contributed by atoms with Crippen LogP contribution in [0.4, 0.5) is 4.79 Å². The van der Waals surface area contributed by atoms with E-state index in [1.165, 1.54) is 0 Å². The Morgan fingerprint density at radius 1 is 1.26 bits per heavy atom. The number of carbonyl (C=O) groups excluding carboxylic acids is 1. The summed E-state index contributed by atoms with van der Waals surface area (Å²) >= 11 is 0. The number of amides is 1. The van der Waals surface area contributed by atoms with E-state index in [2.05, 4.69) is 5.32 Å². The third-order valence-electron chi connectivity index (χ3n) is 4.01. The summed E-state index contributed by atoms with van der Waals surface area (Å²) in [6.07, 6.45) is 1.79. The van der Waals surface area contributed by atoms with Gasteiger partial charge in [0.25, 0.3) is 10.1 Å². The molecule has 1 fully saturated rings. The van der Waals surface area contributed by atoms with E-state index in [1.807, 2.05) is 30.3 Å². The fraction of sp³-hybridized carbons (Fsp3) is 0.533. The molecule has 0 spiro atoms. The van der Waals surface area contributed by atoms with Gasteiger partial charge in [-0.25, -0.2) is 4.79 Å². The molecule has 23 heavy (non-hydrogen) atoms. The van der Waals surface area contributed by atoms with Crippen molar-refractivity contribution in [1.82, 2.24) is 5.32 Å². The lowest BCUT2D eigenvalue weighted by Crippen LogP contribution is -2.48. The summed E-state index contributed by atoms with van der Waals surface area (Å²) in [7, 11) is -4.56. The van der Waals surface area contributed by atoms with E-state index < -0.39 is 33.6 Å². The largest absolute Gasteiger partial charge is 0.445 e. The molecule has 3 atom stereocenters. The number of aliphatic hydroxyl groups is 1. The number of benzene rings is 1. The topological polar surface area (TPSA) is 113 Å². The SMILES string of the molecule is O=C(N[C@@H]1CCCCC1C(O)S(=O)(=O)O)OCc1ccccc1. The lowest BCUT2D eigenvalue weighted by molar-refractivity contribution is 0.0951. The van der Waals surface area contributed by atoms with Crippen molar-refractivity contribution in [2.75, 3.05) is 0 Å². The fourth-order valence-corrected chi connectivity index (χ4v) is 3.58. The van der Waals surface area contributed by atoms with Gasteiger partial charge in [-0.3, -0.25) is 4.55 Å². The average molecular weight is 343 g/mol. The molecular weight excluding hydrogens is 322 g/mol. The van der Waals surface area contributed by atoms with Crippen LogP contribution < -0.4 is 5.32 Å². The normalized spacial score (nSPS) is 23.0. The predicted molar refractivity (Wildman–Crippen MR) is 83.1 cm³/mol. The smallest absolute Gasteiger partial charge is 0.407 e. The zero-order chi connectivity index (χ0) is 16.9. The van der Waals surface area contributed by atoms with E-state index in [1.54, 1.807) is 0 Å². The molecule has 1 amide bonds. The minimum Gasteiger partial charge on any atom is -0.445 e. The Hall–Kier alpha value is -1.64. The number of ether oxygens (including phenoxy) is 1. The lowest BCUT2D eigenvalue weighted by Gasteiger charge is -2.33. The molecule has 7 nitrogen and oxygen atoms in total. The zero-order valence-corrected chi connectivity index (χ0v) is 13.4. The monoisotopic (exact) mass is 343 g/mol. The second-order valence-corrected chi connectivity index (χ2v) is 7.18. The summed E-state index contributed by atoms with van der Waals surface area (Å²) in [5, 5.41) is 12.4. The van der Waals surface area contributed by atoms with Crippen LogP contribution in [0.5, 0.6) is 0 Å². The van der Waals surface area contributed by atoms with Crippen LogP contribution in [-0.4, -0.2) is 35.6 Å². The lowest BCUT2D eigenvalue weighted by atomic mass is 9.85. The molecule has 1 aliphatic rings. The van der Waals surface area contributed by atoms with E-state index in [0.29, 0.717) is 12.8 Å². The number of nitrogens with one attached hydrogen (secondary N) is 1. The minimum absolute atomic E-state index is 0.102. The molecule has 3 N–H and O–H groups in total. The molecule has 0 heterocycles. The molecule has 8 heteroatoms. The van der Waals surface area contributed by atoms with Crippen molar-refractivity contribution in [3.63, 3.8) is 0 Å². The van der Waals surface area contributed by atoms with E-state index >= 15 is 0 Å². The van der Waals surface area contributed by atoms with Gasteiger partial charge in [0, 0.05) is 12.0 Å². The van der Waals surface area contributed by atoms with Gasteiger partial charge < -0.3 is 15.2 Å². The minimum atomic E-state index is -4.56. The second kappa shape index (κ2) is 7.76. The van der Waals surface area contributed by atoms with Crippen molar-refractivity contribution in [2.24, 2.45) is 5.92 Å². The van der Waals surface area contributed by atoms with Gasteiger partial charge in [-0.05, 0) is 18.4 Å². The third kappa shape index (κ3) is 5.19. The molecule has 2 rings (SSSR count). The van der Waals surface area contributed by atoms with Crippen LogP contribution in [0.25, 0.3) is 0 Å². The first kappa shape index (κ1) is 17.7. The molecule has 0 bridgehead atoms. The number of hydrogen-bond acceptors (Lipinski definition) is 5. The maximum Gasteiger partial charge on any atom is 0.407 e. The first-order valence-electron chi connectivity index (χ1n) is 7.49. The van der Waals surface area contributed by atoms with Crippen molar-refractivity contribution in [1.29, 1.82) is 0 Å². The summed E-state index contributed by atoms with van der Waals surface area (Å²) in [6.45, 7) is 0.102. The third-order valence-corrected chi connectivity index (χ3v) is 4.97. The molecule has 128 valence electrons. The molecule has 0 aliphatic heterocycles. The first-order chi connectivity index (χ1) is 10.9. The van der Waals surface area contributed by atoms with Crippen LogP contribution in [0.3, 0.4) is 0 Å². The van der Waals surface area contributed by atoms with Crippen LogP contribution in [0.1, 0.15) is 31.2 Å². The Labute approximate surface area is 135 Å². The first-order valence-corrected chi connectivity index (χ1v) is 9.00. The average Bonchev–Trinajstić information content (AvgIpc) is 2.53. The van der Waals surface area contributed by atoms with Gasteiger partial charge in [-0.15, -0.1) is 0 Å². The molecule has 1 saturated carbocycles. The van der Waals surface area contributed by atoms with Gasteiger partial charge in [0.15, 0.2) is 5.44 Å². The van der Waals surface area contributed by atoms with Gasteiger partial charge >= 0.3 is 6.09 Å². The Morgan fingerprint density at radius 2 is 1.91 bits per heavy atom. The molecule has 1 aromatic carbocycles. The maximum absolute atomic E-state index is 11.9. The zero-order valence-electron chi connectivity index (χ0n) is 12.6. The molecule has 2 unspecified atom stereocenters.